The van der Waals surface area contributed by atoms with Crippen LogP contribution in [0, 0.1) is 0 Å². The number of nitrogens with zero attached hydrogens (tertiary/aromatic N) is 5. The van der Waals surface area contributed by atoms with Crippen LogP contribution in [-0.4, -0.2) is 24.3 Å². The Morgan fingerprint density at radius 3 is 2.78 bits per heavy atom. The maximum Gasteiger partial charge on any atom is 0.259 e. The molecule has 32 heavy (non-hydrogen) atoms. The van der Waals surface area contributed by atoms with Crippen molar-refractivity contribution in [2.24, 2.45) is 7.05 Å². The minimum Gasteiger partial charge on any atom is -0.362 e. The molecule has 1 aliphatic rings. The molecule has 0 amide bonds. The van der Waals surface area contributed by atoms with Gasteiger partial charge in [0.25, 0.3) is 5.56 Å². The molecule has 1 saturated carbocycles. The summed E-state index contributed by atoms with van der Waals surface area (Å²) in [6.07, 6.45) is 8.31. The number of benzene rings is 1. The van der Waals surface area contributed by atoms with Crippen LogP contribution in [0.15, 0.2) is 47.7 Å². The molecular formula is C24H25ClN6O. The van der Waals surface area contributed by atoms with Gasteiger partial charge in [0, 0.05) is 42.3 Å². The van der Waals surface area contributed by atoms with Gasteiger partial charge >= 0.3 is 0 Å². The third-order valence-electron chi connectivity index (χ3n) is 6.05. The van der Waals surface area contributed by atoms with Gasteiger partial charge in [0.2, 0.25) is 5.28 Å². The van der Waals surface area contributed by atoms with E-state index in [0.29, 0.717) is 5.82 Å². The van der Waals surface area contributed by atoms with E-state index < -0.39 is 0 Å². The van der Waals surface area contributed by atoms with Gasteiger partial charge in [-0.15, -0.1) is 0 Å². The van der Waals surface area contributed by atoms with Crippen LogP contribution in [0.4, 0.5) is 5.82 Å². The molecule has 1 unspecified atom stereocenters. The Morgan fingerprint density at radius 2 is 2.09 bits per heavy atom. The maximum absolute atomic E-state index is 13.8. The highest BCUT2D eigenvalue weighted by Gasteiger charge is 2.30. The van der Waals surface area contributed by atoms with Crippen molar-refractivity contribution in [1.82, 2.24) is 24.3 Å². The Morgan fingerprint density at radius 1 is 1.28 bits per heavy atom. The monoisotopic (exact) mass is 448 g/mol. The van der Waals surface area contributed by atoms with Crippen LogP contribution in [0.2, 0.25) is 5.28 Å². The fourth-order valence-corrected chi connectivity index (χ4v) is 4.42. The average Bonchev–Trinajstić information content (AvgIpc) is 3.52. The lowest BCUT2D eigenvalue weighted by atomic mass is 10.00. The molecule has 1 atom stereocenters. The van der Waals surface area contributed by atoms with Crippen molar-refractivity contribution in [2.75, 3.05) is 5.32 Å². The maximum atomic E-state index is 13.8. The van der Waals surface area contributed by atoms with Crippen LogP contribution in [0.5, 0.6) is 0 Å². The summed E-state index contributed by atoms with van der Waals surface area (Å²) in [5.74, 6) is 0.707. The molecule has 4 aromatic rings. The van der Waals surface area contributed by atoms with E-state index >= 15 is 0 Å². The molecular weight excluding hydrogens is 424 g/mol. The van der Waals surface area contributed by atoms with Crippen molar-refractivity contribution in [1.29, 1.82) is 0 Å². The number of fused-ring (bicyclic) bond motifs is 1. The molecule has 1 fully saturated rings. The quantitative estimate of drug-likeness (QED) is 0.424. The number of hydrogen-bond donors (Lipinski definition) is 1. The smallest absolute Gasteiger partial charge is 0.259 e. The minimum atomic E-state index is -0.133. The molecule has 3 aromatic heterocycles. The first kappa shape index (κ1) is 20.7. The lowest BCUT2D eigenvalue weighted by Gasteiger charge is -2.22. The molecule has 0 saturated heterocycles. The summed E-state index contributed by atoms with van der Waals surface area (Å²) in [6.45, 7) is 4.11. The Bertz CT molecular complexity index is 1370. The second-order valence-corrected chi connectivity index (χ2v) is 8.72. The van der Waals surface area contributed by atoms with Crippen LogP contribution in [0.25, 0.3) is 21.9 Å². The summed E-state index contributed by atoms with van der Waals surface area (Å²) >= 11 is 6.05. The second kappa shape index (κ2) is 8.06. The Hall–Kier alpha value is -3.19. The van der Waals surface area contributed by atoms with Crippen molar-refractivity contribution in [3.8, 4) is 11.1 Å². The summed E-state index contributed by atoms with van der Waals surface area (Å²) < 4.78 is 3.72. The fourth-order valence-electron chi connectivity index (χ4n) is 4.29. The Labute approximate surface area is 191 Å². The van der Waals surface area contributed by atoms with Gasteiger partial charge in [-0.2, -0.15) is 5.10 Å². The summed E-state index contributed by atoms with van der Waals surface area (Å²) in [4.78, 5) is 22.3. The van der Waals surface area contributed by atoms with Crippen LogP contribution in [-0.2, 0) is 13.5 Å². The van der Waals surface area contributed by atoms with Crippen LogP contribution in [0.3, 0.4) is 0 Å². The summed E-state index contributed by atoms with van der Waals surface area (Å²) in [5, 5.41) is 9.63. The first-order valence-electron chi connectivity index (χ1n) is 10.9. The van der Waals surface area contributed by atoms with E-state index in [1.165, 1.54) is 0 Å². The van der Waals surface area contributed by atoms with E-state index in [-0.39, 0.29) is 22.9 Å². The summed E-state index contributed by atoms with van der Waals surface area (Å²) in [6, 6.07) is 8.21. The Kier molecular flexibility index (Phi) is 5.21. The van der Waals surface area contributed by atoms with E-state index in [4.69, 9.17) is 11.6 Å². The van der Waals surface area contributed by atoms with Gasteiger partial charge in [-0.25, -0.2) is 9.97 Å². The molecule has 1 N–H and O–H groups in total. The number of pyridine rings is 1. The largest absolute Gasteiger partial charge is 0.362 e. The zero-order valence-corrected chi connectivity index (χ0v) is 19.1. The van der Waals surface area contributed by atoms with Gasteiger partial charge in [0.1, 0.15) is 5.82 Å². The molecule has 1 aromatic carbocycles. The number of aromatic nitrogens is 5. The van der Waals surface area contributed by atoms with Gasteiger partial charge < -0.3 is 9.88 Å². The molecule has 5 rings (SSSR count). The molecule has 164 valence electrons. The van der Waals surface area contributed by atoms with Gasteiger partial charge in [-0.1, -0.05) is 25.1 Å². The highest BCUT2D eigenvalue weighted by atomic mass is 35.5. The van der Waals surface area contributed by atoms with Crippen molar-refractivity contribution < 1.29 is 0 Å². The van der Waals surface area contributed by atoms with E-state index in [2.05, 4.69) is 40.3 Å². The highest BCUT2D eigenvalue weighted by Crippen LogP contribution is 2.38. The normalized spacial score (nSPS) is 14.6. The molecule has 0 aliphatic heterocycles. The summed E-state index contributed by atoms with van der Waals surface area (Å²) in [5.41, 5.74) is 3.84. The van der Waals surface area contributed by atoms with Crippen molar-refractivity contribution in [3.05, 3.63) is 69.8 Å². The van der Waals surface area contributed by atoms with Gasteiger partial charge in [-0.3, -0.25) is 9.48 Å². The molecule has 0 radical (unpaired) electrons. The number of halogens is 1. The average molecular weight is 449 g/mol. The van der Waals surface area contributed by atoms with Gasteiger partial charge in [-0.05, 0) is 54.8 Å². The molecule has 3 heterocycles. The zero-order chi connectivity index (χ0) is 22.4. The first-order chi connectivity index (χ1) is 15.5. The predicted octanol–water partition coefficient (Wildman–Crippen LogP) is 4.92. The summed E-state index contributed by atoms with van der Waals surface area (Å²) in [7, 11) is 1.88. The third kappa shape index (κ3) is 3.66. The third-order valence-corrected chi connectivity index (χ3v) is 6.23. The second-order valence-electron chi connectivity index (χ2n) is 8.38. The number of aryl methyl sites for hydroxylation is 2. The van der Waals surface area contributed by atoms with E-state index in [9.17, 15) is 4.79 Å². The topological polar surface area (TPSA) is 77.6 Å². The predicted molar refractivity (Wildman–Crippen MR) is 127 cm³/mol. The van der Waals surface area contributed by atoms with Crippen molar-refractivity contribution in [3.63, 3.8) is 0 Å². The van der Waals surface area contributed by atoms with Gasteiger partial charge in [0.05, 0.1) is 17.6 Å². The fraction of sp³-hybridized carbons (Fsp3) is 0.333. The minimum absolute atomic E-state index is 0.0459. The SMILES string of the molecule is CCc1cnc(Cl)nc1NC(C)c1cc2cccc(-c3cnn(C)c3)c2c(=O)n1C1CC1. The standard InChI is InChI=1S/C24H25ClN6O/c1-4-15-11-26-24(25)29-22(15)28-14(2)20-10-16-6-5-7-19(17-12-27-30(3)13-17)21(16)23(32)31(20)18-8-9-18/h5-7,10-14,18H,4,8-9H2,1-3H3,(H,26,28,29). The van der Waals surface area contributed by atoms with Crippen LogP contribution in [0.1, 0.15) is 50.0 Å². The molecule has 0 spiro atoms. The molecule has 8 heteroatoms. The van der Waals surface area contributed by atoms with Crippen LogP contribution >= 0.6 is 11.6 Å². The highest BCUT2D eigenvalue weighted by molar-refractivity contribution is 6.28. The zero-order valence-electron chi connectivity index (χ0n) is 18.3. The first-order valence-corrected chi connectivity index (χ1v) is 11.3. The number of nitrogens with one attached hydrogen (secondary N) is 1. The van der Waals surface area contributed by atoms with Crippen LogP contribution < -0.4 is 10.9 Å². The Balaban J connectivity index is 1.65. The molecule has 0 bridgehead atoms. The van der Waals surface area contributed by atoms with E-state index in [1.807, 2.05) is 36.0 Å². The molecule has 7 nitrogen and oxygen atoms in total. The molecule has 1 aliphatic carbocycles. The van der Waals surface area contributed by atoms with Gasteiger partial charge in [0.15, 0.2) is 0 Å². The lowest BCUT2D eigenvalue weighted by Crippen LogP contribution is -2.26. The number of anilines is 1. The van der Waals surface area contributed by atoms with Crippen molar-refractivity contribution >= 4 is 28.2 Å². The number of rotatable bonds is 6. The van der Waals surface area contributed by atoms with E-state index in [1.54, 1.807) is 17.1 Å². The number of hydrogen-bond acceptors (Lipinski definition) is 5. The van der Waals surface area contributed by atoms with Crippen molar-refractivity contribution in [2.45, 2.75) is 45.2 Å². The lowest BCUT2D eigenvalue weighted by molar-refractivity contribution is 0.635. The van der Waals surface area contributed by atoms with E-state index in [0.717, 1.165) is 52.4 Å².